The first-order valence-electron chi connectivity index (χ1n) is 8.17. The van der Waals surface area contributed by atoms with Crippen molar-refractivity contribution in [3.63, 3.8) is 0 Å². The van der Waals surface area contributed by atoms with E-state index in [9.17, 15) is 9.59 Å². The molecule has 0 spiro atoms. The van der Waals surface area contributed by atoms with Gasteiger partial charge in [0.25, 0.3) is 5.91 Å². The summed E-state index contributed by atoms with van der Waals surface area (Å²) >= 11 is 0. The van der Waals surface area contributed by atoms with Crippen molar-refractivity contribution >= 4 is 17.6 Å². The van der Waals surface area contributed by atoms with Crippen molar-refractivity contribution in [1.82, 2.24) is 5.48 Å². The van der Waals surface area contributed by atoms with E-state index in [0.29, 0.717) is 5.76 Å². The molecule has 26 heavy (non-hydrogen) atoms. The summed E-state index contributed by atoms with van der Waals surface area (Å²) in [5.74, 6) is -0.850. The number of hydroxylamine groups is 1. The molecule has 1 N–H and O–H groups in total. The Balaban J connectivity index is 2.07. The zero-order chi connectivity index (χ0) is 18.9. The molecule has 1 atom stereocenters. The highest BCUT2D eigenvalue weighted by molar-refractivity contribution is 6.05. The molecule has 1 unspecified atom stereocenters. The number of nitrogens with one attached hydrogen (secondary N) is 1. The van der Waals surface area contributed by atoms with E-state index in [0.717, 1.165) is 5.56 Å². The van der Waals surface area contributed by atoms with Crippen LogP contribution in [0.1, 0.15) is 40.1 Å². The van der Waals surface area contributed by atoms with Crippen LogP contribution in [0.3, 0.4) is 0 Å². The third-order valence-corrected chi connectivity index (χ3v) is 3.51. The summed E-state index contributed by atoms with van der Waals surface area (Å²) < 4.78 is 5.30. The molecule has 0 heterocycles. The Morgan fingerprint density at radius 2 is 1.65 bits per heavy atom. The zero-order valence-electron chi connectivity index (χ0n) is 14.8. The Hall–Kier alpha value is -3.34. The van der Waals surface area contributed by atoms with Crippen LogP contribution in [0, 0.1) is 0 Å². The Labute approximate surface area is 152 Å². The number of hydrogen-bond acceptors (Lipinski definition) is 4. The average Bonchev–Trinajstić information content (AvgIpc) is 2.66. The minimum atomic E-state index is -0.580. The van der Waals surface area contributed by atoms with E-state index in [1.165, 1.54) is 12.1 Å². The van der Waals surface area contributed by atoms with Gasteiger partial charge in [0.2, 0.25) is 0 Å². The summed E-state index contributed by atoms with van der Waals surface area (Å²) in [5, 5.41) is 0. The average molecular weight is 351 g/mol. The maximum absolute atomic E-state index is 12.4. The van der Waals surface area contributed by atoms with Gasteiger partial charge >= 0.3 is 5.97 Å². The highest BCUT2D eigenvalue weighted by atomic mass is 16.7. The summed E-state index contributed by atoms with van der Waals surface area (Å²) in [6, 6.07) is 15.5. The lowest BCUT2D eigenvalue weighted by atomic mass is 10.1. The molecule has 2 aromatic rings. The maximum Gasteiger partial charge on any atom is 0.339 e. The predicted octanol–water partition coefficient (Wildman–Crippen LogP) is 4.14. The van der Waals surface area contributed by atoms with Crippen LogP contribution < -0.4 is 5.48 Å². The lowest BCUT2D eigenvalue weighted by Gasteiger charge is -2.13. The lowest BCUT2D eigenvalue weighted by molar-refractivity contribution is 0.0418. The molecule has 1 amide bonds. The fraction of sp³-hybridized carbons (Fsp3) is 0.143. The number of rotatable bonds is 7. The molecule has 0 saturated carbocycles. The number of allylic oxidation sites excluding steroid dienone is 1. The largest absolute Gasteiger partial charge is 0.455 e. The van der Waals surface area contributed by atoms with Crippen molar-refractivity contribution < 1.29 is 19.2 Å². The number of amides is 1. The molecule has 134 valence electrons. The molecule has 5 nitrogen and oxygen atoms in total. The van der Waals surface area contributed by atoms with Gasteiger partial charge in [-0.2, -0.15) is 5.48 Å². The van der Waals surface area contributed by atoms with Crippen LogP contribution in [-0.2, 0) is 9.57 Å². The van der Waals surface area contributed by atoms with Crippen molar-refractivity contribution in [2.45, 2.75) is 20.0 Å². The van der Waals surface area contributed by atoms with Gasteiger partial charge in [-0.3, -0.25) is 4.79 Å². The van der Waals surface area contributed by atoms with E-state index >= 15 is 0 Å². The molecule has 0 fully saturated rings. The van der Waals surface area contributed by atoms with Crippen molar-refractivity contribution in [2.24, 2.45) is 0 Å². The number of ether oxygens (including phenoxy) is 1. The minimum absolute atomic E-state index is 0.158. The van der Waals surface area contributed by atoms with E-state index in [1.807, 2.05) is 37.3 Å². The van der Waals surface area contributed by atoms with Gasteiger partial charge in [-0.15, -0.1) is 0 Å². The van der Waals surface area contributed by atoms with Crippen LogP contribution in [0.4, 0.5) is 0 Å². The van der Waals surface area contributed by atoms with Crippen molar-refractivity contribution in [2.75, 3.05) is 0 Å². The van der Waals surface area contributed by atoms with Crippen LogP contribution >= 0.6 is 0 Å². The van der Waals surface area contributed by atoms with E-state index in [-0.39, 0.29) is 11.1 Å². The molecule has 0 saturated heterocycles. The Bertz CT molecular complexity index is 812. The highest BCUT2D eigenvalue weighted by Gasteiger charge is 2.19. The van der Waals surface area contributed by atoms with Crippen LogP contribution in [0.15, 0.2) is 73.3 Å². The van der Waals surface area contributed by atoms with Crippen LogP contribution in [-0.4, -0.2) is 18.0 Å². The first-order valence-corrected chi connectivity index (χ1v) is 8.17. The van der Waals surface area contributed by atoms with Crippen molar-refractivity contribution in [3.8, 4) is 0 Å². The van der Waals surface area contributed by atoms with E-state index in [2.05, 4.69) is 12.1 Å². The number of benzene rings is 2. The summed E-state index contributed by atoms with van der Waals surface area (Å²) in [7, 11) is 0. The van der Waals surface area contributed by atoms with E-state index < -0.39 is 18.0 Å². The Morgan fingerprint density at radius 1 is 1.04 bits per heavy atom. The van der Waals surface area contributed by atoms with Crippen LogP contribution in [0.5, 0.6) is 0 Å². The first kappa shape index (κ1) is 19.0. The molecule has 2 aromatic carbocycles. The van der Waals surface area contributed by atoms with Crippen molar-refractivity contribution in [1.29, 1.82) is 0 Å². The third-order valence-electron chi connectivity index (χ3n) is 3.51. The maximum atomic E-state index is 12.4. The number of hydrogen-bond donors (Lipinski definition) is 1. The molecule has 0 aliphatic heterocycles. The minimum Gasteiger partial charge on any atom is -0.455 e. The molecule has 5 heteroatoms. The van der Waals surface area contributed by atoms with Gasteiger partial charge in [-0.05, 0) is 32.1 Å². The summed E-state index contributed by atoms with van der Waals surface area (Å²) in [6.07, 6.45) is 3.14. The zero-order valence-corrected chi connectivity index (χ0v) is 14.8. The second-order valence-corrected chi connectivity index (χ2v) is 5.50. The normalized spacial score (nSPS) is 11.6. The van der Waals surface area contributed by atoms with E-state index in [4.69, 9.17) is 9.57 Å². The van der Waals surface area contributed by atoms with E-state index in [1.54, 1.807) is 31.2 Å². The second-order valence-electron chi connectivity index (χ2n) is 5.50. The quantitative estimate of drug-likeness (QED) is 0.352. The number of carbonyl (C=O) groups excluding carboxylic acids is 2. The lowest BCUT2D eigenvalue weighted by Crippen LogP contribution is -2.26. The fourth-order valence-corrected chi connectivity index (χ4v) is 2.25. The smallest absolute Gasteiger partial charge is 0.339 e. The van der Waals surface area contributed by atoms with Gasteiger partial charge in [0.1, 0.15) is 6.10 Å². The van der Waals surface area contributed by atoms with Gasteiger partial charge in [-0.1, -0.05) is 55.1 Å². The number of esters is 1. The SMILES string of the molecule is C=C(ONC(=O)c1ccccc1C(=O)OC(C)/C=C/C)c1ccccc1. The molecule has 0 aromatic heterocycles. The van der Waals surface area contributed by atoms with Crippen molar-refractivity contribution in [3.05, 3.63) is 90.0 Å². The van der Waals surface area contributed by atoms with Gasteiger partial charge in [0, 0.05) is 5.56 Å². The number of carbonyl (C=O) groups is 2. The van der Waals surface area contributed by atoms with Gasteiger partial charge < -0.3 is 9.57 Å². The van der Waals surface area contributed by atoms with Gasteiger partial charge in [-0.25, -0.2) is 4.79 Å². The molecule has 2 rings (SSSR count). The molecular weight excluding hydrogens is 330 g/mol. The third kappa shape index (κ3) is 5.08. The van der Waals surface area contributed by atoms with Gasteiger partial charge in [0.15, 0.2) is 5.76 Å². The Morgan fingerprint density at radius 3 is 2.31 bits per heavy atom. The van der Waals surface area contributed by atoms with Crippen LogP contribution in [0.2, 0.25) is 0 Å². The molecule has 0 bridgehead atoms. The summed E-state index contributed by atoms with van der Waals surface area (Å²) in [5.41, 5.74) is 3.37. The fourth-order valence-electron chi connectivity index (χ4n) is 2.25. The van der Waals surface area contributed by atoms with Gasteiger partial charge in [0.05, 0.1) is 11.1 Å². The Kier molecular flexibility index (Phi) is 6.74. The molecule has 0 radical (unpaired) electrons. The van der Waals surface area contributed by atoms with Crippen LogP contribution in [0.25, 0.3) is 5.76 Å². The summed E-state index contributed by atoms with van der Waals surface area (Å²) in [6.45, 7) is 7.35. The first-order chi connectivity index (χ1) is 12.5. The molecular formula is C21H21NO4. The predicted molar refractivity (Wildman–Crippen MR) is 100 cm³/mol. The highest BCUT2D eigenvalue weighted by Crippen LogP contribution is 2.14. The summed E-state index contributed by atoms with van der Waals surface area (Å²) in [4.78, 5) is 30.0. The standard InChI is InChI=1S/C21H21NO4/c1-4-10-15(2)25-21(24)19-14-9-8-13-18(19)20(23)22-26-16(3)17-11-6-5-7-12-17/h4-15H,3H2,1-2H3,(H,22,23)/b10-4+. The molecule has 0 aliphatic rings. The molecule has 0 aliphatic carbocycles. The topological polar surface area (TPSA) is 64.6 Å². The monoisotopic (exact) mass is 351 g/mol. The second kappa shape index (κ2) is 9.22.